The lowest BCUT2D eigenvalue weighted by Crippen LogP contribution is -2.26. The van der Waals surface area contributed by atoms with Crippen LogP contribution in [-0.4, -0.2) is 13.2 Å². The first-order valence-corrected chi connectivity index (χ1v) is 8.46. The van der Waals surface area contributed by atoms with Crippen molar-refractivity contribution < 1.29 is 22.4 Å². The van der Waals surface area contributed by atoms with Crippen molar-refractivity contribution in [3.05, 3.63) is 40.9 Å². The van der Waals surface area contributed by atoms with Crippen molar-refractivity contribution in [2.45, 2.75) is 13.8 Å². The monoisotopic (exact) mass is 322 g/mol. The predicted molar refractivity (Wildman–Crippen MR) is 82.7 cm³/mol. The molecule has 0 radical (unpaired) electrons. The zero-order valence-electron chi connectivity index (χ0n) is 12.2. The zero-order chi connectivity index (χ0) is 15.7. The van der Waals surface area contributed by atoms with Crippen LogP contribution in [-0.2, 0) is 13.6 Å². The lowest BCUT2D eigenvalue weighted by atomic mass is 10.2. The Bertz CT molecular complexity index is 913. The second-order valence-electron chi connectivity index (χ2n) is 4.60. The molecule has 116 valence electrons. The van der Waals surface area contributed by atoms with Crippen LogP contribution in [0, 0.1) is 0 Å². The van der Waals surface area contributed by atoms with E-state index in [4.69, 9.17) is 17.9 Å². The average molecular weight is 322 g/mol. The van der Waals surface area contributed by atoms with Crippen LogP contribution in [0.15, 0.2) is 44.2 Å². The van der Waals surface area contributed by atoms with Crippen LogP contribution in [0.2, 0.25) is 0 Å². The molecule has 7 heteroatoms. The van der Waals surface area contributed by atoms with E-state index in [1.807, 2.05) is 0 Å². The Morgan fingerprint density at radius 1 is 1.05 bits per heavy atom. The molecule has 0 amide bonds. The van der Waals surface area contributed by atoms with Gasteiger partial charge >= 0.3 is 13.2 Å². The fourth-order valence-electron chi connectivity index (χ4n) is 2.28. The molecule has 6 nitrogen and oxygen atoms in total. The minimum Gasteiger partial charge on any atom is -0.464 e. The van der Waals surface area contributed by atoms with Crippen molar-refractivity contribution in [3.8, 4) is 0 Å². The molecule has 0 unspecified atom stereocenters. The van der Waals surface area contributed by atoms with Crippen LogP contribution < -0.4 is 10.9 Å². The molecule has 0 N–H and O–H groups in total. The van der Waals surface area contributed by atoms with Gasteiger partial charge in [-0.05, 0) is 32.0 Å². The summed E-state index contributed by atoms with van der Waals surface area (Å²) in [5.74, 6) is 0. The highest BCUT2D eigenvalue weighted by molar-refractivity contribution is 7.62. The standard InChI is InChI=1S/C15H15O6P/c1-3-19-22(17,20-4-2)14-8-11-7-10-5-6-18-12(10)9-13(11)21-15(14)16/h5-9H,3-4H2,1-2H3. The molecular formula is C15H15O6P. The first-order valence-electron chi connectivity index (χ1n) is 6.92. The van der Waals surface area contributed by atoms with Gasteiger partial charge in [0.2, 0.25) is 0 Å². The van der Waals surface area contributed by atoms with Gasteiger partial charge in [-0.2, -0.15) is 0 Å². The van der Waals surface area contributed by atoms with Crippen molar-refractivity contribution >= 4 is 34.8 Å². The number of benzene rings is 1. The first-order chi connectivity index (χ1) is 10.6. The van der Waals surface area contributed by atoms with E-state index in [9.17, 15) is 9.36 Å². The van der Waals surface area contributed by atoms with Gasteiger partial charge in [-0.15, -0.1) is 0 Å². The highest BCUT2D eigenvalue weighted by Crippen LogP contribution is 2.46. The molecule has 1 aromatic carbocycles. The molecule has 0 aliphatic heterocycles. The number of hydrogen-bond donors (Lipinski definition) is 0. The van der Waals surface area contributed by atoms with E-state index in [1.54, 1.807) is 38.3 Å². The topological polar surface area (TPSA) is 78.9 Å². The van der Waals surface area contributed by atoms with Gasteiger partial charge in [-0.1, -0.05) is 0 Å². The summed E-state index contributed by atoms with van der Waals surface area (Å²) >= 11 is 0. The third-order valence-electron chi connectivity index (χ3n) is 3.18. The largest absolute Gasteiger partial charge is 0.464 e. The first kappa shape index (κ1) is 15.0. The van der Waals surface area contributed by atoms with Crippen LogP contribution in [0.25, 0.3) is 21.9 Å². The van der Waals surface area contributed by atoms with Crippen LogP contribution in [0.3, 0.4) is 0 Å². The van der Waals surface area contributed by atoms with Crippen molar-refractivity contribution in [2.24, 2.45) is 0 Å². The minimum absolute atomic E-state index is 0.0912. The van der Waals surface area contributed by atoms with E-state index in [2.05, 4.69) is 0 Å². The maximum absolute atomic E-state index is 12.8. The van der Waals surface area contributed by atoms with Gasteiger partial charge in [0.15, 0.2) is 5.30 Å². The molecule has 2 aromatic heterocycles. The van der Waals surface area contributed by atoms with E-state index in [0.717, 1.165) is 5.39 Å². The van der Waals surface area contributed by atoms with E-state index in [-0.39, 0.29) is 18.5 Å². The van der Waals surface area contributed by atoms with Crippen LogP contribution in [0.5, 0.6) is 0 Å². The SMILES string of the molecule is CCOP(=O)(OCC)c1cc2cc3ccoc3cc2oc1=O. The van der Waals surface area contributed by atoms with Crippen LogP contribution >= 0.6 is 7.60 Å². The van der Waals surface area contributed by atoms with Gasteiger partial charge in [0.1, 0.15) is 11.2 Å². The summed E-state index contributed by atoms with van der Waals surface area (Å²) in [6.45, 7) is 3.69. The molecule has 0 aliphatic carbocycles. The maximum atomic E-state index is 12.8. The summed E-state index contributed by atoms with van der Waals surface area (Å²) in [6, 6.07) is 6.72. The van der Waals surface area contributed by atoms with E-state index in [0.29, 0.717) is 16.6 Å². The summed E-state index contributed by atoms with van der Waals surface area (Å²) < 4.78 is 33.7. The molecule has 0 bridgehead atoms. The van der Waals surface area contributed by atoms with Crippen LogP contribution in [0.1, 0.15) is 13.8 Å². The second kappa shape index (κ2) is 5.72. The Kier molecular flexibility index (Phi) is 3.91. The summed E-state index contributed by atoms with van der Waals surface area (Å²) in [4.78, 5) is 12.2. The Morgan fingerprint density at radius 3 is 2.45 bits per heavy atom. The quantitative estimate of drug-likeness (QED) is 0.529. The van der Waals surface area contributed by atoms with Crippen LogP contribution in [0.4, 0.5) is 0 Å². The third-order valence-corrected chi connectivity index (χ3v) is 5.28. The summed E-state index contributed by atoms with van der Waals surface area (Å²) in [5.41, 5.74) is 0.237. The molecule has 0 atom stereocenters. The van der Waals surface area contributed by atoms with E-state index in [1.165, 1.54) is 6.07 Å². The molecular weight excluding hydrogens is 307 g/mol. The van der Waals surface area contributed by atoms with Gasteiger partial charge in [0.25, 0.3) is 0 Å². The van der Waals surface area contributed by atoms with Gasteiger partial charge in [-0.3, -0.25) is 4.57 Å². The molecule has 2 heterocycles. The maximum Gasteiger partial charge on any atom is 0.368 e. The summed E-state index contributed by atoms with van der Waals surface area (Å²) in [7, 11) is -3.69. The normalized spacial score (nSPS) is 12.3. The number of furan rings is 1. The summed E-state index contributed by atoms with van der Waals surface area (Å²) in [5, 5.41) is 1.39. The molecule has 0 fully saturated rings. The highest BCUT2D eigenvalue weighted by Gasteiger charge is 2.31. The van der Waals surface area contributed by atoms with Gasteiger partial charge < -0.3 is 17.9 Å². The molecule has 0 saturated carbocycles. The van der Waals surface area contributed by atoms with Crippen molar-refractivity contribution in [2.75, 3.05) is 13.2 Å². The van der Waals surface area contributed by atoms with E-state index < -0.39 is 13.2 Å². The molecule has 3 rings (SSSR count). The molecule has 0 spiro atoms. The molecule has 3 aromatic rings. The fourth-order valence-corrected chi connectivity index (χ4v) is 3.87. The molecule has 22 heavy (non-hydrogen) atoms. The van der Waals surface area contributed by atoms with Crippen molar-refractivity contribution in [1.29, 1.82) is 0 Å². The van der Waals surface area contributed by atoms with Crippen molar-refractivity contribution in [3.63, 3.8) is 0 Å². The van der Waals surface area contributed by atoms with Gasteiger partial charge in [-0.25, -0.2) is 4.79 Å². The molecule has 0 aliphatic rings. The fraction of sp³-hybridized carbons (Fsp3) is 0.267. The van der Waals surface area contributed by atoms with Crippen molar-refractivity contribution in [1.82, 2.24) is 0 Å². The van der Waals surface area contributed by atoms with Gasteiger partial charge in [0, 0.05) is 16.8 Å². The smallest absolute Gasteiger partial charge is 0.368 e. The number of fused-ring (bicyclic) bond motifs is 2. The lowest BCUT2D eigenvalue weighted by Gasteiger charge is -2.16. The number of hydrogen-bond acceptors (Lipinski definition) is 6. The van der Waals surface area contributed by atoms with Gasteiger partial charge in [0.05, 0.1) is 19.5 Å². The number of rotatable bonds is 5. The highest BCUT2D eigenvalue weighted by atomic mass is 31.2. The zero-order valence-corrected chi connectivity index (χ0v) is 13.1. The Morgan fingerprint density at radius 2 is 1.77 bits per heavy atom. The third kappa shape index (κ3) is 2.50. The molecule has 0 saturated heterocycles. The minimum atomic E-state index is -3.69. The average Bonchev–Trinajstić information content (AvgIpc) is 2.91. The Balaban J connectivity index is 2.24. The second-order valence-corrected chi connectivity index (χ2v) is 6.59. The predicted octanol–water partition coefficient (Wildman–Crippen LogP) is 3.43. The Labute approximate surface area is 126 Å². The summed E-state index contributed by atoms with van der Waals surface area (Å²) in [6.07, 6.45) is 1.55. The lowest BCUT2D eigenvalue weighted by molar-refractivity contribution is 0.229. The Hall–Kier alpha value is -1.88. The van der Waals surface area contributed by atoms with E-state index >= 15 is 0 Å².